The second kappa shape index (κ2) is 6.30. The molecule has 1 aromatic carbocycles. The zero-order valence-corrected chi connectivity index (χ0v) is 16.3. The SMILES string of the molecule is Cc1csc([C@@]2(C)N=C(N)N(C)C(=O)[C@@H]2c2ccc(C(C)(F)F)cc2)c1O. The van der Waals surface area contributed by atoms with E-state index in [1.807, 2.05) is 0 Å². The van der Waals surface area contributed by atoms with Gasteiger partial charge >= 0.3 is 0 Å². The third kappa shape index (κ3) is 3.07. The highest BCUT2D eigenvalue weighted by Crippen LogP contribution is 2.50. The van der Waals surface area contributed by atoms with Crippen LogP contribution in [0.1, 0.15) is 41.3 Å². The number of aliphatic imine (C=N–C) groups is 1. The quantitative estimate of drug-likeness (QED) is 0.835. The maximum Gasteiger partial charge on any atom is 0.270 e. The van der Waals surface area contributed by atoms with Crippen LogP contribution in [0.4, 0.5) is 8.78 Å². The van der Waals surface area contributed by atoms with Gasteiger partial charge in [-0.25, -0.2) is 13.8 Å². The molecule has 0 aliphatic carbocycles. The standard InChI is InChI=1S/C19H21F2N3O2S/c1-10-9-27-15(14(10)25)18(2)13(16(26)24(4)17(22)23-18)11-5-7-12(8-6-11)19(3,20)21/h5-9,13,25H,1-4H3,(H2,22,23)/t13-,18-/m0/s1. The Kier molecular flexibility index (Phi) is 4.50. The monoisotopic (exact) mass is 393 g/mol. The van der Waals surface area contributed by atoms with Crippen molar-refractivity contribution in [3.8, 4) is 5.75 Å². The molecule has 0 fully saturated rings. The Bertz CT molecular complexity index is 918. The van der Waals surface area contributed by atoms with Crippen LogP contribution < -0.4 is 5.73 Å². The van der Waals surface area contributed by atoms with E-state index in [1.54, 1.807) is 19.2 Å². The first-order chi connectivity index (χ1) is 12.5. The van der Waals surface area contributed by atoms with Crippen molar-refractivity contribution in [3.63, 3.8) is 0 Å². The predicted molar refractivity (Wildman–Crippen MR) is 101 cm³/mol. The van der Waals surface area contributed by atoms with Gasteiger partial charge in [0.15, 0.2) is 5.96 Å². The van der Waals surface area contributed by atoms with Crippen molar-refractivity contribution in [2.24, 2.45) is 10.7 Å². The van der Waals surface area contributed by atoms with Crippen LogP contribution in [0.3, 0.4) is 0 Å². The van der Waals surface area contributed by atoms with Crippen LogP contribution in [-0.4, -0.2) is 28.9 Å². The third-order valence-corrected chi connectivity index (χ3v) is 6.30. The average molecular weight is 393 g/mol. The summed E-state index contributed by atoms with van der Waals surface area (Å²) in [7, 11) is 1.52. The maximum atomic E-state index is 13.5. The van der Waals surface area contributed by atoms with Gasteiger partial charge in [0.1, 0.15) is 11.3 Å². The molecule has 5 nitrogen and oxygen atoms in total. The summed E-state index contributed by atoms with van der Waals surface area (Å²) in [5.41, 5.74) is 5.86. The van der Waals surface area contributed by atoms with Gasteiger partial charge in [-0.3, -0.25) is 9.69 Å². The number of guanidine groups is 1. The molecular formula is C19H21F2N3O2S. The molecule has 0 unspecified atom stereocenters. The number of rotatable bonds is 3. The van der Waals surface area contributed by atoms with Crippen LogP contribution in [0.2, 0.25) is 0 Å². The number of carbonyl (C=O) groups is 1. The summed E-state index contributed by atoms with van der Waals surface area (Å²) < 4.78 is 27.1. The first kappa shape index (κ1) is 19.3. The van der Waals surface area contributed by atoms with Gasteiger partial charge in [-0.05, 0) is 24.8 Å². The summed E-state index contributed by atoms with van der Waals surface area (Å²) in [5.74, 6) is -3.98. The lowest BCUT2D eigenvalue weighted by atomic mass is 9.77. The van der Waals surface area contributed by atoms with Crippen molar-refractivity contribution in [2.45, 2.75) is 38.2 Å². The normalized spacial score (nSPS) is 23.5. The van der Waals surface area contributed by atoms with Gasteiger partial charge in [-0.15, -0.1) is 11.3 Å². The summed E-state index contributed by atoms with van der Waals surface area (Å²) in [6.07, 6.45) is 0. The van der Waals surface area contributed by atoms with Gasteiger partial charge in [-0.2, -0.15) is 0 Å². The number of nitrogens with zero attached hydrogens (tertiary/aromatic N) is 2. The van der Waals surface area contributed by atoms with E-state index in [0.717, 1.165) is 6.92 Å². The molecule has 0 bridgehead atoms. The second-order valence-corrected chi connectivity index (χ2v) is 7.93. The maximum absolute atomic E-state index is 13.5. The molecule has 2 heterocycles. The second-order valence-electron chi connectivity index (χ2n) is 7.05. The Balaban J connectivity index is 2.18. The summed E-state index contributed by atoms with van der Waals surface area (Å²) in [6, 6.07) is 5.64. The molecule has 2 aromatic rings. The smallest absolute Gasteiger partial charge is 0.270 e. The number of thiophene rings is 1. The molecule has 0 saturated carbocycles. The fraction of sp³-hybridized carbons (Fsp3) is 0.368. The fourth-order valence-corrected chi connectivity index (χ4v) is 4.42. The Morgan fingerprint density at radius 1 is 1.33 bits per heavy atom. The molecule has 1 aliphatic heterocycles. The number of aryl methyl sites for hydroxylation is 1. The van der Waals surface area contributed by atoms with Gasteiger partial charge < -0.3 is 10.8 Å². The number of aromatic hydroxyl groups is 1. The van der Waals surface area contributed by atoms with Gasteiger partial charge in [0, 0.05) is 25.1 Å². The molecule has 2 atom stereocenters. The lowest BCUT2D eigenvalue weighted by molar-refractivity contribution is -0.130. The lowest BCUT2D eigenvalue weighted by Crippen LogP contribution is -2.52. The number of alkyl halides is 2. The molecule has 1 aliphatic rings. The zero-order chi connectivity index (χ0) is 20.1. The summed E-state index contributed by atoms with van der Waals surface area (Å²) >= 11 is 1.29. The van der Waals surface area contributed by atoms with Crippen molar-refractivity contribution < 1.29 is 18.7 Å². The van der Waals surface area contributed by atoms with Crippen LogP contribution in [0, 0.1) is 6.92 Å². The number of nitrogens with two attached hydrogens (primary N) is 1. The Morgan fingerprint density at radius 3 is 2.41 bits per heavy atom. The van der Waals surface area contributed by atoms with E-state index in [-0.39, 0.29) is 23.2 Å². The predicted octanol–water partition coefficient (Wildman–Crippen LogP) is 3.66. The van der Waals surface area contributed by atoms with Gasteiger partial charge in [0.2, 0.25) is 5.91 Å². The summed E-state index contributed by atoms with van der Waals surface area (Å²) in [5, 5.41) is 12.3. The zero-order valence-electron chi connectivity index (χ0n) is 15.5. The molecule has 0 radical (unpaired) electrons. The molecule has 1 amide bonds. The van der Waals surface area contributed by atoms with Crippen molar-refractivity contribution in [1.29, 1.82) is 0 Å². The van der Waals surface area contributed by atoms with E-state index in [2.05, 4.69) is 4.99 Å². The number of likely N-dealkylation sites (N-methyl/N-ethyl adjacent to an activating group) is 1. The van der Waals surface area contributed by atoms with Gasteiger partial charge in [0.05, 0.1) is 10.8 Å². The molecule has 3 rings (SSSR count). The molecule has 1 aromatic heterocycles. The minimum Gasteiger partial charge on any atom is -0.506 e. The number of halogens is 2. The van der Waals surface area contributed by atoms with Crippen LogP contribution in [-0.2, 0) is 16.3 Å². The Morgan fingerprint density at radius 2 is 1.93 bits per heavy atom. The highest BCUT2D eigenvalue weighted by atomic mass is 32.1. The number of carbonyl (C=O) groups excluding carboxylic acids is 1. The van der Waals surface area contributed by atoms with E-state index >= 15 is 0 Å². The minimum atomic E-state index is -2.97. The van der Waals surface area contributed by atoms with Crippen molar-refractivity contribution in [2.75, 3.05) is 7.05 Å². The third-order valence-electron chi connectivity index (χ3n) is 4.98. The minimum absolute atomic E-state index is 0.0425. The first-order valence-corrected chi connectivity index (χ1v) is 9.23. The number of hydrogen-bond donors (Lipinski definition) is 2. The number of hydrogen-bond acceptors (Lipinski definition) is 5. The van der Waals surface area contributed by atoms with Crippen molar-refractivity contribution in [3.05, 3.63) is 51.2 Å². The Hall–Kier alpha value is -2.48. The molecule has 8 heteroatoms. The van der Waals surface area contributed by atoms with Crippen LogP contribution in [0.5, 0.6) is 5.75 Å². The van der Waals surface area contributed by atoms with Crippen molar-refractivity contribution in [1.82, 2.24) is 4.90 Å². The van der Waals surface area contributed by atoms with E-state index < -0.39 is 17.4 Å². The average Bonchev–Trinajstić information content (AvgIpc) is 2.92. The Labute approximate surface area is 160 Å². The van der Waals surface area contributed by atoms with E-state index in [0.29, 0.717) is 16.0 Å². The van der Waals surface area contributed by atoms with Crippen LogP contribution in [0.15, 0.2) is 34.6 Å². The first-order valence-electron chi connectivity index (χ1n) is 8.35. The van der Waals surface area contributed by atoms with Crippen LogP contribution >= 0.6 is 11.3 Å². The molecule has 0 saturated heterocycles. The number of benzene rings is 1. The van der Waals surface area contributed by atoms with E-state index in [1.165, 1.54) is 47.5 Å². The highest BCUT2D eigenvalue weighted by molar-refractivity contribution is 7.10. The van der Waals surface area contributed by atoms with Crippen LogP contribution in [0.25, 0.3) is 0 Å². The largest absolute Gasteiger partial charge is 0.506 e. The molecule has 144 valence electrons. The molecular weight excluding hydrogens is 372 g/mol. The molecule has 3 N–H and O–H groups in total. The van der Waals surface area contributed by atoms with Gasteiger partial charge in [0.25, 0.3) is 5.92 Å². The fourth-order valence-electron chi connectivity index (χ4n) is 3.34. The summed E-state index contributed by atoms with van der Waals surface area (Å²) in [6.45, 7) is 4.31. The number of amides is 1. The molecule has 0 spiro atoms. The molecule has 27 heavy (non-hydrogen) atoms. The van der Waals surface area contributed by atoms with Crippen molar-refractivity contribution >= 4 is 23.2 Å². The van der Waals surface area contributed by atoms with Gasteiger partial charge in [-0.1, -0.05) is 24.3 Å². The van der Waals surface area contributed by atoms with E-state index in [4.69, 9.17) is 5.73 Å². The lowest BCUT2D eigenvalue weighted by Gasteiger charge is -2.40. The van der Waals surface area contributed by atoms with E-state index in [9.17, 15) is 18.7 Å². The summed E-state index contributed by atoms with van der Waals surface area (Å²) in [4.78, 5) is 19.3. The topological polar surface area (TPSA) is 78.9 Å². The highest BCUT2D eigenvalue weighted by Gasteiger charge is 2.49.